The van der Waals surface area contributed by atoms with Crippen LogP contribution < -0.4 is 0 Å². The van der Waals surface area contributed by atoms with Gasteiger partial charge < -0.3 is 14.2 Å². The van der Waals surface area contributed by atoms with E-state index in [2.05, 4.69) is 9.47 Å². The van der Waals surface area contributed by atoms with E-state index >= 15 is 0 Å². The molecular weight excluding hydrogens is 336 g/mol. The molecule has 0 radical (unpaired) electrons. The van der Waals surface area contributed by atoms with E-state index in [0.717, 1.165) is 6.42 Å². The van der Waals surface area contributed by atoms with E-state index in [1.807, 2.05) is 41.5 Å². The fourth-order valence-corrected chi connectivity index (χ4v) is 1.15. The highest BCUT2D eigenvalue weighted by Gasteiger charge is 2.36. The zero-order chi connectivity index (χ0) is 22.0. The summed E-state index contributed by atoms with van der Waals surface area (Å²) in [6.07, 6.45) is 1.54. The molecule has 158 valence electrons. The minimum absolute atomic E-state index is 0.0463. The number of methoxy groups -OCH3 is 1. The van der Waals surface area contributed by atoms with E-state index in [1.165, 1.54) is 21.0 Å². The van der Waals surface area contributed by atoms with Gasteiger partial charge in [0.2, 0.25) is 5.60 Å². The van der Waals surface area contributed by atoms with Crippen molar-refractivity contribution in [2.75, 3.05) is 13.7 Å². The summed E-state index contributed by atoms with van der Waals surface area (Å²) in [7, 11) is 1.26. The molecule has 1 rings (SSSR count). The van der Waals surface area contributed by atoms with Crippen molar-refractivity contribution in [1.82, 2.24) is 0 Å². The topological polar surface area (TPSA) is 78.9 Å². The van der Waals surface area contributed by atoms with Crippen LogP contribution in [0.4, 0.5) is 0 Å². The first kappa shape index (κ1) is 32.1. The van der Waals surface area contributed by atoms with Gasteiger partial charge in [-0.1, -0.05) is 41.5 Å². The van der Waals surface area contributed by atoms with Crippen molar-refractivity contribution in [3.05, 3.63) is 0 Å². The summed E-state index contributed by atoms with van der Waals surface area (Å²) in [5.41, 5.74) is -1.84. The quantitative estimate of drug-likeness (QED) is 0.501. The maximum Gasteiger partial charge on any atom is 0.349 e. The standard InChI is InChI=1S/C10H18O4.C4H6O2.3C2H6/c1-9(2,3)7(11)14-10(4,5)8(12)13-6;5-4-2-1-3-6-4;3*1-2/h1-6H3;1-3H2;3*1-2H3. The Morgan fingerprint density at radius 2 is 1.31 bits per heavy atom. The summed E-state index contributed by atoms with van der Waals surface area (Å²) in [6.45, 7) is 20.8. The molecule has 0 bridgehead atoms. The molecule has 1 aliphatic rings. The number of esters is 3. The van der Waals surface area contributed by atoms with Gasteiger partial charge in [0, 0.05) is 6.42 Å². The number of hydrogen-bond acceptors (Lipinski definition) is 6. The lowest BCUT2D eigenvalue weighted by atomic mass is 9.97. The summed E-state index contributed by atoms with van der Waals surface area (Å²) in [5.74, 6) is -1.03. The molecule has 6 heteroatoms. The third kappa shape index (κ3) is 17.2. The van der Waals surface area contributed by atoms with E-state index in [1.54, 1.807) is 20.8 Å². The van der Waals surface area contributed by atoms with Gasteiger partial charge in [0.15, 0.2) is 0 Å². The van der Waals surface area contributed by atoms with Crippen LogP contribution >= 0.6 is 0 Å². The second-order valence-corrected chi connectivity index (χ2v) is 5.97. The fourth-order valence-electron chi connectivity index (χ4n) is 1.15. The predicted octanol–water partition coefficient (Wildman–Crippen LogP) is 4.93. The van der Waals surface area contributed by atoms with Gasteiger partial charge in [-0.2, -0.15) is 0 Å². The number of rotatable bonds is 2. The largest absolute Gasteiger partial charge is 0.466 e. The summed E-state index contributed by atoms with van der Waals surface area (Å²) in [6, 6.07) is 0. The van der Waals surface area contributed by atoms with Crippen LogP contribution in [0.2, 0.25) is 0 Å². The Kier molecular flexibility index (Phi) is 22.5. The molecule has 0 N–H and O–H groups in total. The smallest absolute Gasteiger partial charge is 0.349 e. The maximum atomic E-state index is 11.5. The second kappa shape index (κ2) is 18.2. The van der Waals surface area contributed by atoms with Crippen molar-refractivity contribution in [2.45, 2.75) is 94.6 Å². The maximum absolute atomic E-state index is 11.5. The number of ether oxygens (including phenoxy) is 3. The first-order valence-electron chi connectivity index (χ1n) is 9.48. The van der Waals surface area contributed by atoms with Gasteiger partial charge in [-0.25, -0.2) is 4.79 Å². The van der Waals surface area contributed by atoms with E-state index in [4.69, 9.17) is 4.74 Å². The Balaban J connectivity index is -0.000000166. The summed E-state index contributed by atoms with van der Waals surface area (Å²) >= 11 is 0. The minimum atomic E-state index is -1.22. The molecule has 0 amide bonds. The molecule has 0 unspecified atom stereocenters. The average Bonchev–Trinajstić information content (AvgIpc) is 3.09. The molecule has 26 heavy (non-hydrogen) atoms. The van der Waals surface area contributed by atoms with Gasteiger partial charge in [0.05, 0.1) is 19.1 Å². The summed E-state index contributed by atoms with van der Waals surface area (Å²) in [4.78, 5) is 32.7. The van der Waals surface area contributed by atoms with Crippen molar-refractivity contribution in [2.24, 2.45) is 5.41 Å². The summed E-state index contributed by atoms with van der Waals surface area (Å²) < 4.78 is 14.1. The van der Waals surface area contributed by atoms with Gasteiger partial charge in [-0.15, -0.1) is 0 Å². The lowest BCUT2D eigenvalue weighted by molar-refractivity contribution is -0.182. The molecule has 0 aliphatic carbocycles. The zero-order valence-electron chi connectivity index (χ0n) is 19.1. The van der Waals surface area contributed by atoms with Gasteiger partial charge in [0.1, 0.15) is 0 Å². The van der Waals surface area contributed by atoms with Gasteiger partial charge in [-0.3, -0.25) is 9.59 Å². The number of hydrogen-bond donors (Lipinski definition) is 0. The molecular formula is C20H42O6. The molecule has 0 saturated carbocycles. The first-order chi connectivity index (χ1) is 12.0. The lowest BCUT2D eigenvalue weighted by Crippen LogP contribution is -2.41. The third-order valence-electron chi connectivity index (χ3n) is 2.43. The minimum Gasteiger partial charge on any atom is -0.466 e. The Morgan fingerprint density at radius 1 is 0.885 bits per heavy atom. The highest BCUT2D eigenvalue weighted by molar-refractivity contribution is 5.84. The van der Waals surface area contributed by atoms with Crippen molar-refractivity contribution in [1.29, 1.82) is 0 Å². The normalized spacial score (nSPS) is 12.1. The van der Waals surface area contributed by atoms with Crippen LogP contribution in [0.25, 0.3) is 0 Å². The second-order valence-electron chi connectivity index (χ2n) is 5.97. The SMILES string of the molecule is CC.CC.CC.COC(=O)C(C)(C)OC(=O)C(C)(C)C.O=C1CCCO1. The Hall–Kier alpha value is -1.59. The first-order valence-corrected chi connectivity index (χ1v) is 9.48. The Morgan fingerprint density at radius 3 is 1.50 bits per heavy atom. The summed E-state index contributed by atoms with van der Waals surface area (Å²) in [5, 5.41) is 0. The molecule has 0 aromatic carbocycles. The molecule has 1 fully saturated rings. The van der Waals surface area contributed by atoms with Crippen LogP contribution in [0.3, 0.4) is 0 Å². The Labute approximate surface area is 161 Å². The fraction of sp³-hybridized carbons (Fsp3) is 0.850. The molecule has 0 aromatic heterocycles. The van der Waals surface area contributed by atoms with E-state index in [9.17, 15) is 14.4 Å². The lowest BCUT2D eigenvalue weighted by Gasteiger charge is -2.26. The Bertz CT molecular complexity index is 359. The van der Waals surface area contributed by atoms with E-state index in [0.29, 0.717) is 13.0 Å². The van der Waals surface area contributed by atoms with E-state index in [-0.39, 0.29) is 5.97 Å². The number of cyclic esters (lactones) is 1. The monoisotopic (exact) mass is 378 g/mol. The van der Waals surface area contributed by atoms with Crippen molar-refractivity contribution >= 4 is 17.9 Å². The molecule has 6 nitrogen and oxygen atoms in total. The van der Waals surface area contributed by atoms with Crippen LogP contribution in [0.5, 0.6) is 0 Å². The molecule has 0 atom stereocenters. The van der Waals surface area contributed by atoms with Gasteiger partial charge in [0.25, 0.3) is 0 Å². The molecule has 1 heterocycles. The third-order valence-corrected chi connectivity index (χ3v) is 2.43. The number of carbonyl (C=O) groups excluding carboxylic acids is 3. The molecule has 1 aliphatic heterocycles. The molecule has 0 aromatic rings. The van der Waals surface area contributed by atoms with Crippen LogP contribution in [0, 0.1) is 5.41 Å². The van der Waals surface area contributed by atoms with Crippen LogP contribution in [-0.4, -0.2) is 37.2 Å². The average molecular weight is 379 g/mol. The van der Waals surface area contributed by atoms with Crippen LogP contribution in [-0.2, 0) is 28.6 Å². The van der Waals surface area contributed by atoms with E-state index < -0.39 is 23.0 Å². The molecule has 0 spiro atoms. The highest BCUT2D eigenvalue weighted by Crippen LogP contribution is 2.21. The zero-order valence-corrected chi connectivity index (χ0v) is 19.1. The number of carbonyl (C=O) groups is 3. The van der Waals surface area contributed by atoms with Gasteiger partial charge >= 0.3 is 17.9 Å². The van der Waals surface area contributed by atoms with Crippen molar-refractivity contribution in [3.8, 4) is 0 Å². The van der Waals surface area contributed by atoms with Crippen LogP contribution in [0.1, 0.15) is 89.0 Å². The van der Waals surface area contributed by atoms with Gasteiger partial charge in [-0.05, 0) is 41.0 Å². The van der Waals surface area contributed by atoms with Crippen molar-refractivity contribution < 1.29 is 28.6 Å². The van der Waals surface area contributed by atoms with Crippen molar-refractivity contribution in [3.63, 3.8) is 0 Å². The highest BCUT2D eigenvalue weighted by atomic mass is 16.6. The molecule has 1 saturated heterocycles. The predicted molar refractivity (Wildman–Crippen MR) is 106 cm³/mol. The van der Waals surface area contributed by atoms with Crippen LogP contribution in [0.15, 0.2) is 0 Å².